The Balaban J connectivity index is 1.46. The molecular weight excluding hydrogens is 348 g/mol. The minimum absolute atomic E-state index is 0.349. The Labute approximate surface area is 159 Å². The summed E-state index contributed by atoms with van der Waals surface area (Å²) < 4.78 is 7.46. The van der Waals surface area contributed by atoms with Crippen molar-refractivity contribution in [3.05, 3.63) is 40.8 Å². The highest BCUT2D eigenvalue weighted by Gasteiger charge is 2.23. The number of thiophene rings is 1. The summed E-state index contributed by atoms with van der Waals surface area (Å²) >= 11 is 1.81. The van der Waals surface area contributed by atoms with E-state index < -0.39 is 0 Å². The maximum atomic E-state index is 5.51. The summed E-state index contributed by atoms with van der Waals surface area (Å²) in [7, 11) is 1.82. The maximum Gasteiger partial charge on any atom is 0.191 e. The van der Waals surface area contributed by atoms with Crippen molar-refractivity contribution in [3.63, 3.8) is 0 Å². The first kappa shape index (κ1) is 18.9. The first-order valence-electron chi connectivity index (χ1n) is 9.14. The number of aromatic nitrogens is 2. The van der Waals surface area contributed by atoms with Gasteiger partial charge in [0.2, 0.25) is 0 Å². The molecule has 2 N–H and O–H groups in total. The highest BCUT2D eigenvalue weighted by molar-refractivity contribution is 7.10. The van der Waals surface area contributed by atoms with Crippen molar-refractivity contribution >= 4 is 17.3 Å². The maximum absolute atomic E-state index is 5.51. The second kappa shape index (κ2) is 10.3. The largest absolute Gasteiger partial charge is 0.379 e. The molecule has 8 heteroatoms. The van der Waals surface area contributed by atoms with Gasteiger partial charge in [0.05, 0.1) is 19.3 Å². The molecular formula is C18H28N6OS. The van der Waals surface area contributed by atoms with E-state index in [2.05, 4.69) is 43.1 Å². The number of hydrogen-bond acceptors (Lipinski definition) is 5. The van der Waals surface area contributed by atoms with E-state index in [0.717, 1.165) is 58.3 Å². The Kier molecular flexibility index (Phi) is 7.48. The second-order valence-electron chi connectivity index (χ2n) is 6.18. The van der Waals surface area contributed by atoms with Crippen LogP contribution in [0.25, 0.3) is 0 Å². The van der Waals surface area contributed by atoms with Crippen LogP contribution in [0, 0.1) is 0 Å². The van der Waals surface area contributed by atoms with Crippen molar-refractivity contribution < 1.29 is 4.74 Å². The fourth-order valence-electron chi connectivity index (χ4n) is 3.07. The molecule has 3 rings (SSSR count). The van der Waals surface area contributed by atoms with Gasteiger partial charge in [-0.1, -0.05) is 6.07 Å². The van der Waals surface area contributed by atoms with Gasteiger partial charge in [-0.3, -0.25) is 14.6 Å². The van der Waals surface area contributed by atoms with Gasteiger partial charge in [0.15, 0.2) is 5.96 Å². The Hall–Kier alpha value is -1.90. The lowest BCUT2D eigenvalue weighted by atomic mass is 10.2. The van der Waals surface area contributed by atoms with Crippen molar-refractivity contribution in [2.75, 3.05) is 46.4 Å². The third-order valence-corrected chi connectivity index (χ3v) is 5.43. The standard InChI is InChI=1S/C18H28N6OS/c1-19-18(20-6-3-8-24-9-4-7-22-24)21-15-16(17-5-2-14-26-17)23-10-12-25-13-11-23/h2,4-5,7,9,14,16H,3,6,8,10-13,15H2,1H3,(H2,19,20,21). The number of ether oxygens (including phenoxy) is 1. The van der Waals surface area contributed by atoms with Crippen LogP contribution >= 0.6 is 11.3 Å². The summed E-state index contributed by atoms with van der Waals surface area (Å²) in [6.45, 7) is 6.16. The molecule has 1 fully saturated rings. The van der Waals surface area contributed by atoms with Crippen LogP contribution in [0.2, 0.25) is 0 Å². The number of aryl methyl sites for hydroxylation is 1. The van der Waals surface area contributed by atoms with E-state index in [4.69, 9.17) is 4.74 Å². The summed E-state index contributed by atoms with van der Waals surface area (Å²) in [6, 6.07) is 6.63. The van der Waals surface area contributed by atoms with Gasteiger partial charge in [-0.05, 0) is 23.9 Å². The highest BCUT2D eigenvalue weighted by Crippen LogP contribution is 2.25. The molecule has 1 unspecified atom stereocenters. The quantitative estimate of drug-likeness (QED) is 0.416. The molecule has 1 aliphatic heterocycles. The van der Waals surface area contributed by atoms with Crippen LogP contribution < -0.4 is 10.6 Å². The number of aliphatic imine (C=N–C) groups is 1. The molecule has 0 bridgehead atoms. The zero-order chi connectivity index (χ0) is 18.0. The van der Waals surface area contributed by atoms with Gasteiger partial charge >= 0.3 is 0 Å². The van der Waals surface area contributed by atoms with E-state index >= 15 is 0 Å². The van der Waals surface area contributed by atoms with Crippen molar-refractivity contribution in [1.82, 2.24) is 25.3 Å². The van der Waals surface area contributed by atoms with Gasteiger partial charge in [-0.15, -0.1) is 11.3 Å². The van der Waals surface area contributed by atoms with Gasteiger partial charge in [0.1, 0.15) is 0 Å². The molecule has 0 aromatic carbocycles. The molecule has 0 amide bonds. The average Bonchev–Trinajstić information content (AvgIpc) is 3.38. The summed E-state index contributed by atoms with van der Waals surface area (Å²) in [5, 5.41) is 13.2. The van der Waals surface area contributed by atoms with Crippen LogP contribution in [0.15, 0.2) is 41.0 Å². The lowest BCUT2D eigenvalue weighted by Crippen LogP contribution is -2.46. The number of rotatable bonds is 8. The van der Waals surface area contributed by atoms with E-state index in [1.165, 1.54) is 4.88 Å². The van der Waals surface area contributed by atoms with Crippen molar-refractivity contribution in [1.29, 1.82) is 0 Å². The van der Waals surface area contributed by atoms with E-state index in [1.54, 1.807) is 0 Å². The van der Waals surface area contributed by atoms with E-state index in [1.807, 2.05) is 41.5 Å². The summed E-state index contributed by atoms with van der Waals surface area (Å²) in [6.07, 6.45) is 4.80. The smallest absolute Gasteiger partial charge is 0.191 e. The van der Waals surface area contributed by atoms with Crippen LogP contribution in [0.3, 0.4) is 0 Å². The Morgan fingerprint density at radius 1 is 1.35 bits per heavy atom. The monoisotopic (exact) mass is 376 g/mol. The van der Waals surface area contributed by atoms with Crippen LogP contribution in [0.4, 0.5) is 0 Å². The fourth-order valence-corrected chi connectivity index (χ4v) is 3.94. The normalized spacial score (nSPS) is 17.2. The topological polar surface area (TPSA) is 66.7 Å². The Morgan fingerprint density at radius 2 is 2.23 bits per heavy atom. The Morgan fingerprint density at radius 3 is 2.92 bits per heavy atom. The molecule has 0 saturated carbocycles. The average molecular weight is 377 g/mol. The molecule has 1 saturated heterocycles. The predicted molar refractivity (Wildman–Crippen MR) is 106 cm³/mol. The molecule has 0 spiro atoms. The van der Waals surface area contributed by atoms with Crippen LogP contribution in [0.1, 0.15) is 17.3 Å². The van der Waals surface area contributed by atoms with E-state index in [0.29, 0.717) is 6.04 Å². The summed E-state index contributed by atoms with van der Waals surface area (Å²) in [4.78, 5) is 8.23. The second-order valence-corrected chi connectivity index (χ2v) is 7.16. The molecule has 7 nitrogen and oxygen atoms in total. The third kappa shape index (κ3) is 5.55. The van der Waals surface area contributed by atoms with Gasteiger partial charge in [0, 0.05) is 57.0 Å². The number of morpholine rings is 1. The number of nitrogens with zero attached hydrogens (tertiary/aromatic N) is 4. The van der Waals surface area contributed by atoms with Crippen LogP contribution in [0.5, 0.6) is 0 Å². The number of hydrogen-bond donors (Lipinski definition) is 2. The summed E-state index contributed by atoms with van der Waals surface area (Å²) in [5.74, 6) is 0.847. The van der Waals surface area contributed by atoms with E-state index in [-0.39, 0.29) is 0 Å². The number of nitrogens with one attached hydrogen (secondary N) is 2. The van der Waals surface area contributed by atoms with Crippen molar-refractivity contribution in [2.45, 2.75) is 19.0 Å². The zero-order valence-electron chi connectivity index (χ0n) is 15.3. The summed E-state index contributed by atoms with van der Waals surface area (Å²) in [5.41, 5.74) is 0. The third-order valence-electron chi connectivity index (χ3n) is 4.46. The minimum Gasteiger partial charge on any atom is -0.379 e. The first-order chi connectivity index (χ1) is 12.9. The highest BCUT2D eigenvalue weighted by atomic mass is 32.1. The molecule has 1 atom stereocenters. The molecule has 26 heavy (non-hydrogen) atoms. The predicted octanol–water partition coefficient (Wildman–Crippen LogP) is 1.57. The van der Waals surface area contributed by atoms with Crippen molar-refractivity contribution in [3.8, 4) is 0 Å². The molecule has 0 radical (unpaired) electrons. The SMILES string of the molecule is CN=C(NCCCn1cccn1)NCC(c1cccs1)N1CCOCC1. The molecule has 2 aromatic rings. The molecule has 1 aliphatic rings. The lowest BCUT2D eigenvalue weighted by Gasteiger charge is -2.34. The van der Waals surface area contributed by atoms with E-state index in [9.17, 15) is 0 Å². The van der Waals surface area contributed by atoms with Crippen LogP contribution in [-0.2, 0) is 11.3 Å². The molecule has 0 aliphatic carbocycles. The lowest BCUT2D eigenvalue weighted by molar-refractivity contribution is 0.0177. The minimum atomic E-state index is 0.349. The van der Waals surface area contributed by atoms with Crippen LogP contribution in [-0.4, -0.2) is 67.1 Å². The molecule has 142 valence electrons. The molecule has 3 heterocycles. The van der Waals surface area contributed by atoms with Gasteiger partial charge in [-0.2, -0.15) is 5.10 Å². The zero-order valence-corrected chi connectivity index (χ0v) is 16.1. The molecule has 2 aromatic heterocycles. The fraction of sp³-hybridized carbons (Fsp3) is 0.556. The van der Waals surface area contributed by atoms with Gasteiger partial charge in [0.25, 0.3) is 0 Å². The first-order valence-corrected chi connectivity index (χ1v) is 10.0. The van der Waals surface area contributed by atoms with Gasteiger partial charge in [-0.25, -0.2) is 0 Å². The van der Waals surface area contributed by atoms with Gasteiger partial charge < -0.3 is 15.4 Å². The van der Waals surface area contributed by atoms with Crippen molar-refractivity contribution in [2.24, 2.45) is 4.99 Å². The number of guanidine groups is 1. The Bertz CT molecular complexity index is 637.